The third-order valence-corrected chi connectivity index (χ3v) is 4.76. The highest BCUT2D eigenvalue weighted by Gasteiger charge is 2.43. The number of carbonyl (C=O) groups excluding carboxylic acids is 3. The van der Waals surface area contributed by atoms with Gasteiger partial charge in [-0.2, -0.15) is 0 Å². The monoisotopic (exact) mass is 345 g/mol. The Morgan fingerprint density at radius 3 is 2.84 bits per heavy atom. The van der Waals surface area contributed by atoms with Gasteiger partial charge in [-0.1, -0.05) is 19.4 Å². The second-order valence-corrected chi connectivity index (χ2v) is 6.38. The Kier molecular flexibility index (Phi) is 4.92. The van der Waals surface area contributed by atoms with Gasteiger partial charge in [0.15, 0.2) is 0 Å². The fourth-order valence-electron chi connectivity index (χ4n) is 3.41. The maximum Gasteiger partial charge on any atom is 0.254 e. The predicted molar refractivity (Wildman–Crippen MR) is 91.2 cm³/mol. The van der Waals surface area contributed by atoms with Gasteiger partial charge in [0.1, 0.15) is 17.8 Å². The zero-order valence-corrected chi connectivity index (χ0v) is 14.5. The van der Waals surface area contributed by atoms with Crippen LogP contribution in [0.15, 0.2) is 24.3 Å². The van der Waals surface area contributed by atoms with Gasteiger partial charge in [0.2, 0.25) is 11.8 Å². The first-order valence-electron chi connectivity index (χ1n) is 8.59. The molecule has 0 unspecified atom stereocenters. The van der Waals surface area contributed by atoms with Crippen molar-refractivity contribution in [1.29, 1.82) is 0 Å². The fourth-order valence-corrected chi connectivity index (χ4v) is 3.41. The molecule has 1 aromatic rings. The van der Waals surface area contributed by atoms with Crippen LogP contribution in [0.4, 0.5) is 0 Å². The highest BCUT2D eigenvalue weighted by Crippen LogP contribution is 2.21. The smallest absolute Gasteiger partial charge is 0.254 e. The van der Waals surface area contributed by atoms with Crippen molar-refractivity contribution in [3.8, 4) is 5.75 Å². The molecule has 1 aromatic carbocycles. The Balaban J connectivity index is 1.73. The molecule has 0 spiro atoms. The minimum atomic E-state index is -0.607. The van der Waals surface area contributed by atoms with Crippen molar-refractivity contribution in [3.05, 3.63) is 29.8 Å². The number of fused-ring (bicyclic) bond motifs is 1. The largest absolute Gasteiger partial charge is 0.497 e. The van der Waals surface area contributed by atoms with Crippen LogP contribution in [0.2, 0.25) is 0 Å². The number of hydrogen-bond donors (Lipinski definition) is 1. The summed E-state index contributed by atoms with van der Waals surface area (Å²) >= 11 is 0. The van der Waals surface area contributed by atoms with Crippen molar-refractivity contribution >= 4 is 17.7 Å². The second kappa shape index (κ2) is 7.13. The van der Waals surface area contributed by atoms with Gasteiger partial charge in [-0.05, 0) is 24.6 Å². The van der Waals surface area contributed by atoms with Gasteiger partial charge in [-0.3, -0.25) is 14.4 Å². The highest BCUT2D eigenvalue weighted by molar-refractivity contribution is 5.99. The van der Waals surface area contributed by atoms with E-state index in [1.165, 1.54) is 0 Å². The summed E-state index contributed by atoms with van der Waals surface area (Å²) in [7, 11) is 1.55. The molecular weight excluding hydrogens is 322 g/mol. The maximum absolute atomic E-state index is 12.7. The number of methoxy groups -OCH3 is 1. The lowest BCUT2D eigenvalue weighted by Gasteiger charge is -2.45. The average Bonchev–Trinajstić information content (AvgIpc) is 2.65. The molecule has 7 heteroatoms. The molecule has 3 amide bonds. The van der Waals surface area contributed by atoms with Gasteiger partial charge in [0.25, 0.3) is 5.91 Å². The lowest BCUT2D eigenvalue weighted by Crippen LogP contribution is -2.69. The van der Waals surface area contributed by atoms with E-state index in [1.807, 2.05) is 6.92 Å². The first-order valence-corrected chi connectivity index (χ1v) is 8.59. The summed E-state index contributed by atoms with van der Waals surface area (Å²) < 4.78 is 5.16. The summed E-state index contributed by atoms with van der Waals surface area (Å²) in [5.41, 5.74) is 0.513. The Labute approximate surface area is 146 Å². The van der Waals surface area contributed by atoms with E-state index in [9.17, 15) is 14.4 Å². The summed E-state index contributed by atoms with van der Waals surface area (Å²) in [6.07, 6.45) is 1.47. The molecule has 25 heavy (non-hydrogen) atoms. The zero-order valence-electron chi connectivity index (χ0n) is 14.5. The molecule has 0 radical (unpaired) electrons. The van der Waals surface area contributed by atoms with Crippen LogP contribution in [-0.2, 0) is 9.59 Å². The number of benzene rings is 1. The average molecular weight is 345 g/mol. The van der Waals surface area contributed by atoms with Crippen LogP contribution in [-0.4, -0.2) is 66.3 Å². The van der Waals surface area contributed by atoms with Crippen LogP contribution in [0.25, 0.3) is 0 Å². The lowest BCUT2D eigenvalue weighted by atomic mass is 10.0. The molecule has 2 aliphatic heterocycles. The summed E-state index contributed by atoms with van der Waals surface area (Å²) in [6.45, 7) is 3.00. The van der Waals surface area contributed by atoms with Gasteiger partial charge in [0, 0.05) is 18.7 Å². The number of nitrogens with zero attached hydrogens (tertiary/aromatic N) is 2. The number of nitrogens with one attached hydrogen (secondary N) is 1. The standard InChI is InChI=1S/C18H23N3O4/c1-3-5-14-18(24)21-9-8-20(11-15(21)16(22)19-14)17(23)12-6-4-7-13(10-12)25-2/h4,6-7,10,14-15H,3,5,8-9,11H2,1-2H3,(H,19,22)/t14-,15+/m0/s1. The van der Waals surface area contributed by atoms with Crippen LogP contribution in [0.5, 0.6) is 5.75 Å². The van der Waals surface area contributed by atoms with Gasteiger partial charge < -0.3 is 19.9 Å². The third kappa shape index (κ3) is 3.31. The van der Waals surface area contributed by atoms with Crippen molar-refractivity contribution < 1.29 is 19.1 Å². The topological polar surface area (TPSA) is 79.0 Å². The van der Waals surface area contributed by atoms with E-state index in [0.717, 1.165) is 6.42 Å². The van der Waals surface area contributed by atoms with Crippen LogP contribution < -0.4 is 10.1 Å². The molecule has 2 saturated heterocycles. The Morgan fingerprint density at radius 1 is 1.32 bits per heavy atom. The lowest BCUT2D eigenvalue weighted by molar-refractivity contribution is -0.152. The third-order valence-electron chi connectivity index (χ3n) is 4.76. The molecule has 2 heterocycles. The predicted octanol–water partition coefficient (Wildman–Crippen LogP) is 0.647. The van der Waals surface area contributed by atoms with E-state index in [2.05, 4.69) is 5.32 Å². The van der Waals surface area contributed by atoms with Gasteiger partial charge in [-0.15, -0.1) is 0 Å². The minimum Gasteiger partial charge on any atom is -0.497 e. The molecule has 0 saturated carbocycles. The zero-order chi connectivity index (χ0) is 18.0. The maximum atomic E-state index is 12.7. The van der Waals surface area contributed by atoms with Crippen LogP contribution in [0, 0.1) is 0 Å². The quantitative estimate of drug-likeness (QED) is 0.869. The molecular formula is C18H23N3O4. The van der Waals surface area contributed by atoms with Crippen LogP contribution >= 0.6 is 0 Å². The van der Waals surface area contributed by atoms with Crippen molar-refractivity contribution in [2.75, 3.05) is 26.7 Å². The Morgan fingerprint density at radius 2 is 2.12 bits per heavy atom. The SMILES string of the molecule is CCC[C@@H]1NC(=O)[C@H]2CN(C(=O)c3cccc(OC)c3)CCN2C1=O. The van der Waals surface area contributed by atoms with Crippen molar-refractivity contribution in [2.45, 2.75) is 31.8 Å². The summed E-state index contributed by atoms with van der Waals surface area (Å²) in [4.78, 5) is 40.9. The van der Waals surface area contributed by atoms with E-state index in [-0.39, 0.29) is 24.3 Å². The van der Waals surface area contributed by atoms with Gasteiger partial charge >= 0.3 is 0 Å². The van der Waals surface area contributed by atoms with Crippen LogP contribution in [0.1, 0.15) is 30.1 Å². The first-order chi connectivity index (χ1) is 12.0. The molecule has 2 aliphatic rings. The molecule has 0 bridgehead atoms. The number of hydrogen-bond acceptors (Lipinski definition) is 4. The minimum absolute atomic E-state index is 0.0417. The highest BCUT2D eigenvalue weighted by atomic mass is 16.5. The molecule has 3 rings (SSSR count). The summed E-state index contributed by atoms with van der Waals surface area (Å²) in [6, 6.07) is 5.89. The number of amides is 3. The molecule has 0 aromatic heterocycles. The van der Waals surface area contributed by atoms with Crippen molar-refractivity contribution in [1.82, 2.24) is 15.1 Å². The first kappa shape index (κ1) is 17.3. The number of ether oxygens (including phenoxy) is 1. The molecule has 0 aliphatic carbocycles. The van der Waals surface area contributed by atoms with Crippen molar-refractivity contribution in [2.24, 2.45) is 0 Å². The van der Waals surface area contributed by atoms with E-state index in [4.69, 9.17) is 4.74 Å². The molecule has 2 fully saturated rings. The van der Waals surface area contributed by atoms with Gasteiger partial charge in [-0.25, -0.2) is 0 Å². The van der Waals surface area contributed by atoms with Crippen LogP contribution in [0.3, 0.4) is 0 Å². The normalized spacial score (nSPS) is 23.1. The molecule has 134 valence electrons. The van der Waals surface area contributed by atoms with Crippen molar-refractivity contribution in [3.63, 3.8) is 0 Å². The Hall–Kier alpha value is -2.57. The second-order valence-electron chi connectivity index (χ2n) is 6.38. The van der Waals surface area contributed by atoms with E-state index in [1.54, 1.807) is 41.2 Å². The Bertz CT molecular complexity index is 691. The van der Waals surface area contributed by atoms with Gasteiger partial charge in [0.05, 0.1) is 13.7 Å². The van der Waals surface area contributed by atoms with E-state index < -0.39 is 12.1 Å². The number of piperazine rings is 2. The summed E-state index contributed by atoms with van der Waals surface area (Å²) in [5.74, 6) is 0.230. The number of carbonyl (C=O) groups is 3. The molecule has 2 atom stereocenters. The fraction of sp³-hybridized carbons (Fsp3) is 0.500. The molecule has 7 nitrogen and oxygen atoms in total. The van der Waals surface area contributed by atoms with E-state index >= 15 is 0 Å². The summed E-state index contributed by atoms with van der Waals surface area (Å²) in [5, 5.41) is 2.80. The number of rotatable bonds is 4. The van der Waals surface area contributed by atoms with E-state index in [0.29, 0.717) is 30.8 Å². The molecule has 1 N–H and O–H groups in total.